The minimum Gasteiger partial charge on any atom is -0.488 e. The third-order valence-electron chi connectivity index (χ3n) is 2.99. The normalized spacial score (nSPS) is 11.4. The molecule has 0 fully saturated rings. The average Bonchev–Trinajstić information content (AvgIpc) is 2.36. The van der Waals surface area contributed by atoms with Crippen LogP contribution < -0.4 is 4.74 Å². The molecule has 0 heterocycles. The topological polar surface area (TPSA) is 43.4 Å². The van der Waals surface area contributed by atoms with Crippen LogP contribution in [-0.2, 0) is 15.7 Å². The van der Waals surface area contributed by atoms with Gasteiger partial charge in [-0.2, -0.15) is 0 Å². The SMILES string of the molecule is Cc1cc(S(=O)(=O)Cl)cc(C)c1OCc1cccc(F)c1. The van der Waals surface area contributed by atoms with Crippen LogP contribution in [0.15, 0.2) is 41.3 Å². The number of rotatable bonds is 4. The molecule has 0 unspecified atom stereocenters. The Hall–Kier alpha value is -1.59. The summed E-state index contributed by atoms with van der Waals surface area (Å²) in [7, 11) is 1.56. The van der Waals surface area contributed by atoms with E-state index in [1.165, 1.54) is 24.3 Å². The van der Waals surface area contributed by atoms with E-state index in [-0.39, 0.29) is 17.3 Å². The maximum atomic E-state index is 13.1. The lowest BCUT2D eigenvalue weighted by atomic mass is 10.1. The highest BCUT2D eigenvalue weighted by Gasteiger charge is 2.15. The number of hydrogen-bond acceptors (Lipinski definition) is 3. The van der Waals surface area contributed by atoms with Gasteiger partial charge in [0.05, 0.1) is 4.90 Å². The molecule has 3 nitrogen and oxygen atoms in total. The van der Waals surface area contributed by atoms with Crippen molar-refractivity contribution in [3.63, 3.8) is 0 Å². The van der Waals surface area contributed by atoms with E-state index in [2.05, 4.69) is 0 Å². The average molecular weight is 329 g/mol. The summed E-state index contributed by atoms with van der Waals surface area (Å²) in [5, 5.41) is 0. The van der Waals surface area contributed by atoms with Gasteiger partial charge < -0.3 is 4.74 Å². The summed E-state index contributed by atoms with van der Waals surface area (Å²) in [5.41, 5.74) is 2.01. The van der Waals surface area contributed by atoms with E-state index in [0.717, 1.165) is 0 Å². The van der Waals surface area contributed by atoms with Crippen molar-refractivity contribution in [1.82, 2.24) is 0 Å². The zero-order valence-electron chi connectivity index (χ0n) is 11.6. The standard InChI is InChI=1S/C15H14ClFO3S/c1-10-6-14(21(16,18)19)7-11(2)15(10)20-9-12-4-3-5-13(17)8-12/h3-8H,9H2,1-2H3. The van der Waals surface area contributed by atoms with Crippen LogP contribution >= 0.6 is 10.7 Å². The van der Waals surface area contributed by atoms with E-state index in [1.807, 2.05) is 0 Å². The Kier molecular flexibility index (Phi) is 4.54. The molecule has 6 heteroatoms. The van der Waals surface area contributed by atoms with Crippen LogP contribution in [0.3, 0.4) is 0 Å². The Labute approximate surface area is 127 Å². The summed E-state index contributed by atoms with van der Waals surface area (Å²) in [6.07, 6.45) is 0. The lowest BCUT2D eigenvalue weighted by molar-refractivity contribution is 0.301. The second-order valence-electron chi connectivity index (χ2n) is 4.74. The van der Waals surface area contributed by atoms with Gasteiger partial charge in [-0.25, -0.2) is 12.8 Å². The van der Waals surface area contributed by atoms with Crippen molar-refractivity contribution < 1.29 is 17.5 Å². The van der Waals surface area contributed by atoms with E-state index >= 15 is 0 Å². The highest BCUT2D eigenvalue weighted by Crippen LogP contribution is 2.29. The second kappa shape index (κ2) is 6.03. The van der Waals surface area contributed by atoms with Crippen molar-refractivity contribution in [2.75, 3.05) is 0 Å². The van der Waals surface area contributed by atoms with E-state index in [4.69, 9.17) is 15.4 Å². The van der Waals surface area contributed by atoms with E-state index in [0.29, 0.717) is 22.4 Å². The van der Waals surface area contributed by atoms with Crippen LogP contribution in [0.25, 0.3) is 0 Å². The van der Waals surface area contributed by atoms with Crippen LogP contribution in [0.1, 0.15) is 16.7 Å². The largest absolute Gasteiger partial charge is 0.488 e. The number of halogens is 2. The Balaban J connectivity index is 2.25. The summed E-state index contributed by atoms with van der Waals surface area (Å²) >= 11 is 0. The summed E-state index contributed by atoms with van der Waals surface area (Å²) in [6.45, 7) is 3.67. The molecule has 0 amide bonds. The first-order chi connectivity index (χ1) is 9.77. The summed E-state index contributed by atoms with van der Waals surface area (Å²) in [5.74, 6) is 0.247. The van der Waals surface area contributed by atoms with Gasteiger partial charge in [-0.1, -0.05) is 12.1 Å². The molecule has 0 aromatic heterocycles. The predicted octanol–water partition coefficient (Wildman–Crippen LogP) is 3.95. The molecule has 21 heavy (non-hydrogen) atoms. The fraction of sp³-hybridized carbons (Fsp3) is 0.200. The van der Waals surface area contributed by atoms with Crippen LogP contribution in [0.5, 0.6) is 5.75 Å². The van der Waals surface area contributed by atoms with Crippen molar-refractivity contribution in [3.8, 4) is 5.75 Å². The molecular formula is C15H14ClFO3S. The van der Waals surface area contributed by atoms with Crippen molar-refractivity contribution in [2.45, 2.75) is 25.3 Å². The van der Waals surface area contributed by atoms with Gasteiger partial charge in [-0.3, -0.25) is 0 Å². The number of hydrogen-bond donors (Lipinski definition) is 0. The summed E-state index contributed by atoms with van der Waals surface area (Å²) in [4.78, 5) is 0.0391. The number of benzene rings is 2. The van der Waals surface area contributed by atoms with Crippen LogP contribution in [0, 0.1) is 19.7 Å². The number of aryl methyl sites for hydroxylation is 2. The predicted molar refractivity (Wildman–Crippen MR) is 79.7 cm³/mol. The fourth-order valence-corrected chi connectivity index (χ4v) is 2.96. The van der Waals surface area contributed by atoms with Crippen LogP contribution in [0.2, 0.25) is 0 Å². The molecule has 0 aliphatic carbocycles. The molecule has 2 aromatic rings. The number of ether oxygens (including phenoxy) is 1. The van der Waals surface area contributed by atoms with Gasteiger partial charge in [0.2, 0.25) is 0 Å². The third kappa shape index (κ3) is 3.95. The molecule has 0 N–H and O–H groups in total. The van der Waals surface area contributed by atoms with Gasteiger partial charge in [0, 0.05) is 10.7 Å². The van der Waals surface area contributed by atoms with E-state index < -0.39 is 9.05 Å². The van der Waals surface area contributed by atoms with E-state index in [9.17, 15) is 12.8 Å². The second-order valence-corrected chi connectivity index (χ2v) is 7.31. The van der Waals surface area contributed by atoms with Crippen molar-refractivity contribution >= 4 is 19.7 Å². The minimum atomic E-state index is -3.77. The van der Waals surface area contributed by atoms with E-state index in [1.54, 1.807) is 26.0 Å². The van der Waals surface area contributed by atoms with Gasteiger partial charge in [-0.15, -0.1) is 0 Å². The first-order valence-electron chi connectivity index (χ1n) is 6.20. The van der Waals surface area contributed by atoms with Gasteiger partial charge in [0.15, 0.2) is 0 Å². The molecule has 112 valence electrons. The highest BCUT2D eigenvalue weighted by molar-refractivity contribution is 8.13. The molecule has 0 saturated carbocycles. The lowest BCUT2D eigenvalue weighted by Crippen LogP contribution is -2.01. The third-order valence-corrected chi connectivity index (χ3v) is 4.32. The Morgan fingerprint density at radius 1 is 1.14 bits per heavy atom. The van der Waals surface area contributed by atoms with Gasteiger partial charge in [-0.05, 0) is 54.8 Å². The van der Waals surface area contributed by atoms with Crippen molar-refractivity contribution in [2.24, 2.45) is 0 Å². The summed E-state index contributed by atoms with van der Waals surface area (Å²) in [6, 6.07) is 9.02. The summed E-state index contributed by atoms with van der Waals surface area (Å²) < 4.78 is 41.5. The molecule has 0 radical (unpaired) electrons. The minimum absolute atomic E-state index is 0.0391. The highest BCUT2D eigenvalue weighted by atomic mass is 35.7. The molecule has 0 aliphatic rings. The molecule has 2 rings (SSSR count). The molecule has 0 aliphatic heterocycles. The quantitative estimate of drug-likeness (QED) is 0.798. The first-order valence-corrected chi connectivity index (χ1v) is 8.51. The van der Waals surface area contributed by atoms with Crippen molar-refractivity contribution in [1.29, 1.82) is 0 Å². The molecular weight excluding hydrogens is 315 g/mol. The molecule has 0 bridgehead atoms. The van der Waals surface area contributed by atoms with Gasteiger partial charge >= 0.3 is 0 Å². The Morgan fingerprint density at radius 2 is 1.76 bits per heavy atom. The van der Waals surface area contributed by atoms with Crippen molar-refractivity contribution in [3.05, 3.63) is 58.9 Å². The molecule has 0 spiro atoms. The first kappa shape index (κ1) is 15.8. The Bertz CT molecular complexity index is 749. The molecule has 0 atom stereocenters. The van der Waals surface area contributed by atoms with Gasteiger partial charge in [0.1, 0.15) is 18.2 Å². The molecule has 0 saturated heterocycles. The fourth-order valence-electron chi connectivity index (χ4n) is 2.06. The zero-order chi connectivity index (χ0) is 15.6. The van der Waals surface area contributed by atoms with Crippen LogP contribution in [0.4, 0.5) is 4.39 Å². The maximum Gasteiger partial charge on any atom is 0.261 e. The lowest BCUT2D eigenvalue weighted by Gasteiger charge is -2.13. The maximum absolute atomic E-state index is 13.1. The molecule has 2 aromatic carbocycles. The monoisotopic (exact) mass is 328 g/mol. The Morgan fingerprint density at radius 3 is 2.29 bits per heavy atom. The van der Waals surface area contributed by atoms with Gasteiger partial charge in [0.25, 0.3) is 9.05 Å². The zero-order valence-corrected chi connectivity index (χ0v) is 13.1. The van der Waals surface area contributed by atoms with Crippen LogP contribution in [-0.4, -0.2) is 8.42 Å². The smallest absolute Gasteiger partial charge is 0.261 e.